The zero-order valence-electron chi connectivity index (χ0n) is 10.4. The maximum absolute atomic E-state index is 12.7. The van der Waals surface area contributed by atoms with Gasteiger partial charge in [-0.25, -0.2) is 0 Å². The molecule has 0 bridgehead atoms. The predicted molar refractivity (Wildman–Crippen MR) is 65.5 cm³/mol. The van der Waals surface area contributed by atoms with Crippen molar-refractivity contribution in [2.24, 2.45) is 0 Å². The number of benzene rings is 1. The Bertz CT molecular complexity index is 400. The second kappa shape index (κ2) is 5.31. The van der Waals surface area contributed by atoms with E-state index in [1.165, 1.54) is 12.1 Å². The van der Waals surface area contributed by atoms with Crippen molar-refractivity contribution in [1.82, 2.24) is 5.32 Å². The fourth-order valence-corrected chi connectivity index (χ4v) is 2.72. The van der Waals surface area contributed by atoms with Crippen LogP contribution < -0.4 is 5.32 Å². The number of hydrogen-bond acceptors (Lipinski definition) is 1. The first-order chi connectivity index (χ1) is 8.50. The first-order valence-corrected chi connectivity index (χ1v) is 6.35. The average Bonchev–Trinajstić information content (AvgIpc) is 2.38. The van der Waals surface area contributed by atoms with Crippen molar-refractivity contribution in [3.63, 3.8) is 0 Å². The number of nitrogens with one attached hydrogen (secondary N) is 1. The molecule has 1 nitrogen and oxygen atoms in total. The lowest BCUT2D eigenvalue weighted by Gasteiger charge is -2.29. The predicted octanol–water partition coefficient (Wildman–Crippen LogP) is 3.95. The minimum absolute atomic E-state index is 0.249. The van der Waals surface area contributed by atoms with Crippen LogP contribution in [0.5, 0.6) is 0 Å². The highest BCUT2D eigenvalue weighted by Crippen LogP contribution is 2.36. The van der Waals surface area contributed by atoms with Crippen LogP contribution in [0.1, 0.15) is 42.7 Å². The van der Waals surface area contributed by atoms with E-state index in [1.54, 1.807) is 0 Å². The number of alkyl halides is 3. The molecule has 0 unspecified atom stereocenters. The molecule has 1 fully saturated rings. The van der Waals surface area contributed by atoms with Gasteiger partial charge in [-0.3, -0.25) is 0 Å². The molecule has 1 saturated carbocycles. The lowest BCUT2D eigenvalue weighted by atomic mass is 9.81. The second-order valence-corrected chi connectivity index (χ2v) is 4.97. The third-order valence-corrected chi connectivity index (χ3v) is 3.77. The van der Waals surface area contributed by atoms with Crippen LogP contribution in [0.25, 0.3) is 0 Å². The summed E-state index contributed by atoms with van der Waals surface area (Å²) in [4.78, 5) is 0. The largest absolute Gasteiger partial charge is 0.416 e. The fourth-order valence-electron chi connectivity index (χ4n) is 2.72. The molecule has 4 heteroatoms. The molecule has 1 aromatic rings. The highest BCUT2D eigenvalue weighted by Gasteiger charge is 2.31. The molecule has 0 spiro atoms. The quantitative estimate of drug-likeness (QED) is 0.845. The second-order valence-electron chi connectivity index (χ2n) is 4.97. The molecule has 1 aromatic carbocycles. The fraction of sp³-hybridized carbons (Fsp3) is 0.571. The van der Waals surface area contributed by atoms with Crippen molar-refractivity contribution >= 4 is 0 Å². The third-order valence-electron chi connectivity index (χ3n) is 3.77. The molecule has 1 aliphatic rings. The molecule has 100 valence electrons. The van der Waals surface area contributed by atoms with Gasteiger partial charge in [0.05, 0.1) is 5.56 Å². The van der Waals surface area contributed by atoms with Crippen LogP contribution in [0, 0.1) is 0 Å². The van der Waals surface area contributed by atoms with Gasteiger partial charge in [0.2, 0.25) is 0 Å². The molecule has 0 radical (unpaired) electrons. The topological polar surface area (TPSA) is 12.0 Å². The molecule has 2 atom stereocenters. The summed E-state index contributed by atoms with van der Waals surface area (Å²) in [7, 11) is 1.92. The van der Waals surface area contributed by atoms with Crippen LogP contribution in [-0.4, -0.2) is 13.1 Å². The van der Waals surface area contributed by atoms with Gasteiger partial charge in [0.15, 0.2) is 0 Å². The molecule has 0 aromatic heterocycles. The summed E-state index contributed by atoms with van der Waals surface area (Å²) >= 11 is 0. The van der Waals surface area contributed by atoms with E-state index in [2.05, 4.69) is 5.32 Å². The Morgan fingerprint density at radius 3 is 2.67 bits per heavy atom. The lowest BCUT2D eigenvalue weighted by molar-refractivity contribution is -0.137. The third kappa shape index (κ3) is 3.05. The minimum atomic E-state index is -4.24. The van der Waals surface area contributed by atoms with E-state index in [4.69, 9.17) is 0 Å². The summed E-state index contributed by atoms with van der Waals surface area (Å²) in [6.45, 7) is 0. The van der Waals surface area contributed by atoms with Crippen LogP contribution in [-0.2, 0) is 6.18 Å². The van der Waals surface area contributed by atoms with Gasteiger partial charge in [-0.1, -0.05) is 24.6 Å². The van der Waals surface area contributed by atoms with E-state index in [-0.39, 0.29) is 5.92 Å². The Hall–Kier alpha value is -1.03. The zero-order valence-corrected chi connectivity index (χ0v) is 10.4. The molecule has 0 amide bonds. The normalized spacial score (nSPS) is 25.1. The molecule has 18 heavy (non-hydrogen) atoms. The summed E-state index contributed by atoms with van der Waals surface area (Å²) in [5.41, 5.74) is 0.288. The summed E-state index contributed by atoms with van der Waals surface area (Å²) in [6.07, 6.45) is -0.136. The van der Waals surface area contributed by atoms with Crippen LogP contribution in [0.4, 0.5) is 13.2 Å². The van der Waals surface area contributed by atoms with Crippen LogP contribution >= 0.6 is 0 Å². The maximum Gasteiger partial charge on any atom is 0.416 e. The Kier molecular flexibility index (Phi) is 3.95. The summed E-state index contributed by atoms with van der Waals surface area (Å²) < 4.78 is 38.0. The van der Waals surface area contributed by atoms with Crippen molar-refractivity contribution in [3.8, 4) is 0 Å². The van der Waals surface area contributed by atoms with Gasteiger partial charge >= 0.3 is 6.18 Å². The summed E-state index contributed by atoms with van der Waals surface area (Å²) in [5.74, 6) is 0.249. The molecule has 2 rings (SSSR count). The Labute approximate surface area is 105 Å². The van der Waals surface area contributed by atoms with E-state index < -0.39 is 11.7 Å². The van der Waals surface area contributed by atoms with E-state index in [0.717, 1.165) is 37.3 Å². The first-order valence-electron chi connectivity index (χ1n) is 6.35. The van der Waals surface area contributed by atoms with E-state index in [9.17, 15) is 13.2 Å². The number of hydrogen-bond donors (Lipinski definition) is 1. The number of halogens is 3. The smallest absolute Gasteiger partial charge is 0.317 e. The van der Waals surface area contributed by atoms with Crippen LogP contribution in [0.2, 0.25) is 0 Å². The van der Waals surface area contributed by atoms with E-state index in [1.807, 2.05) is 13.1 Å². The maximum atomic E-state index is 12.7. The standard InChI is InChI=1S/C14H18F3N/c1-18-13-7-3-5-11(9-13)10-4-2-6-12(8-10)14(15,16)17/h2,4,6,8,11,13,18H,3,5,7,9H2,1H3/t11-,13+/m0/s1. The molecule has 1 N–H and O–H groups in total. The Morgan fingerprint density at radius 2 is 2.00 bits per heavy atom. The Morgan fingerprint density at radius 1 is 1.22 bits per heavy atom. The Balaban J connectivity index is 2.18. The molecule has 0 heterocycles. The van der Waals surface area contributed by atoms with E-state index >= 15 is 0 Å². The molecule has 1 aliphatic carbocycles. The van der Waals surface area contributed by atoms with E-state index in [0.29, 0.717) is 6.04 Å². The van der Waals surface area contributed by atoms with Crippen molar-refractivity contribution in [2.75, 3.05) is 7.05 Å². The molecule has 0 aliphatic heterocycles. The van der Waals surface area contributed by atoms with Gasteiger partial charge in [0, 0.05) is 6.04 Å². The van der Waals surface area contributed by atoms with Crippen molar-refractivity contribution < 1.29 is 13.2 Å². The van der Waals surface area contributed by atoms with Gasteiger partial charge in [-0.2, -0.15) is 13.2 Å². The zero-order chi connectivity index (χ0) is 13.2. The van der Waals surface area contributed by atoms with Crippen molar-refractivity contribution in [1.29, 1.82) is 0 Å². The molecular formula is C14H18F3N. The summed E-state index contributed by atoms with van der Waals surface area (Å²) in [6, 6.07) is 6.21. The lowest BCUT2D eigenvalue weighted by Crippen LogP contribution is -2.30. The highest BCUT2D eigenvalue weighted by atomic mass is 19.4. The van der Waals surface area contributed by atoms with Gasteiger partial charge < -0.3 is 5.32 Å². The van der Waals surface area contributed by atoms with Gasteiger partial charge in [-0.05, 0) is 43.9 Å². The van der Waals surface area contributed by atoms with Crippen LogP contribution in [0.15, 0.2) is 24.3 Å². The van der Waals surface area contributed by atoms with Crippen molar-refractivity contribution in [3.05, 3.63) is 35.4 Å². The summed E-state index contributed by atoms with van der Waals surface area (Å²) in [5, 5.41) is 3.23. The van der Waals surface area contributed by atoms with Gasteiger partial charge in [-0.15, -0.1) is 0 Å². The highest BCUT2D eigenvalue weighted by molar-refractivity contribution is 5.28. The van der Waals surface area contributed by atoms with Gasteiger partial charge in [0.1, 0.15) is 0 Å². The molecular weight excluding hydrogens is 239 g/mol. The first kappa shape index (κ1) is 13.4. The SMILES string of the molecule is CN[C@@H]1CCC[C@H](c2cccc(C(F)(F)F)c2)C1. The van der Waals surface area contributed by atoms with Crippen LogP contribution in [0.3, 0.4) is 0 Å². The monoisotopic (exact) mass is 257 g/mol. The minimum Gasteiger partial charge on any atom is -0.317 e. The average molecular weight is 257 g/mol. The van der Waals surface area contributed by atoms with Gasteiger partial charge in [0.25, 0.3) is 0 Å². The van der Waals surface area contributed by atoms with Crippen molar-refractivity contribution in [2.45, 2.75) is 43.8 Å². The molecule has 0 saturated heterocycles. The number of rotatable bonds is 2.